The predicted molar refractivity (Wildman–Crippen MR) is 82.6 cm³/mol. The van der Waals surface area contributed by atoms with E-state index in [0.717, 1.165) is 0 Å². The van der Waals surface area contributed by atoms with Crippen molar-refractivity contribution in [2.45, 2.75) is 5.75 Å². The molecule has 0 atom stereocenters. The monoisotopic (exact) mass is 337 g/mol. The van der Waals surface area contributed by atoms with Crippen molar-refractivity contribution in [2.75, 3.05) is 18.2 Å². The summed E-state index contributed by atoms with van der Waals surface area (Å²) in [5.74, 6) is -2.53. The SMILES string of the molecule is COC(=O)c1ccc(CS(=O)(=O)CC(=O)Nc2ccccc2)o1. The second-order valence-corrected chi connectivity index (χ2v) is 6.77. The first kappa shape index (κ1) is 16.8. The van der Waals surface area contributed by atoms with E-state index in [-0.39, 0.29) is 11.5 Å². The van der Waals surface area contributed by atoms with Gasteiger partial charge in [0.15, 0.2) is 9.84 Å². The molecule has 122 valence electrons. The molecule has 0 saturated heterocycles. The van der Waals surface area contributed by atoms with E-state index in [0.29, 0.717) is 5.69 Å². The largest absolute Gasteiger partial charge is 0.463 e. The summed E-state index contributed by atoms with van der Waals surface area (Å²) in [5, 5.41) is 2.49. The van der Waals surface area contributed by atoms with Crippen molar-refractivity contribution in [2.24, 2.45) is 0 Å². The van der Waals surface area contributed by atoms with Crippen LogP contribution in [-0.4, -0.2) is 33.2 Å². The Morgan fingerprint density at radius 1 is 1.13 bits per heavy atom. The number of benzene rings is 1. The van der Waals surface area contributed by atoms with Gasteiger partial charge in [0.1, 0.15) is 17.3 Å². The van der Waals surface area contributed by atoms with Crippen molar-refractivity contribution in [1.82, 2.24) is 0 Å². The van der Waals surface area contributed by atoms with Crippen LogP contribution in [0, 0.1) is 0 Å². The Labute approximate surface area is 133 Å². The molecule has 7 nitrogen and oxygen atoms in total. The molecule has 0 spiro atoms. The number of anilines is 1. The number of hydrogen-bond acceptors (Lipinski definition) is 6. The van der Waals surface area contributed by atoms with Gasteiger partial charge in [-0.25, -0.2) is 13.2 Å². The minimum absolute atomic E-state index is 0.0675. The number of rotatable bonds is 6. The molecule has 1 aromatic heterocycles. The van der Waals surface area contributed by atoms with E-state index in [1.165, 1.54) is 19.2 Å². The highest BCUT2D eigenvalue weighted by atomic mass is 32.2. The van der Waals surface area contributed by atoms with Gasteiger partial charge in [0.05, 0.1) is 7.11 Å². The summed E-state index contributed by atoms with van der Waals surface area (Å²) in [6, 6.07) is 11.2. The fourth-order valence-corrected chi connectivity index (χ4v) is 3.01. The Morgan fingerprint density at radius 3 is 2.48 bits per heavy atom. The molecule has 0 saturated carbocycles. The molecule has 0 unspecified atom stereocenters. The van der Waals surface area contributed by atoms with Crippen LogP contribution in [0.1, 0.15) is 16.3 Å². The van der Waals surface area contributed by atoms with E-state index in [4.69, 9.17) is 4.42 Å². The maximum absolute atomic E-state index is 12.0. The van der Waals surface area contributed by atoms with E-state index in [9.17, 15) is 18.0 Å². The number of sulfone groups is 1. The zero-order valence-corrected chi connectivity index (χ0v) is 13.1. The van der Waals surface area contributed by atoms with Crippen LogP contribution >= 0.6 is 0 Å². The van der Waals surface area contributed by atoms with Crippen molar-refractivity contribution in [3.05, 3.63) is 54.0 Å². The average Bonchev–Trinajstić information content (AvgIpc) is 2.94. The summed E-state index contributed by atoms with van der Waals surface area (Å²) in [4.78, 5) is 23.0. The van der Waals surface area contributed by atoms with Gasteiger partial charge in [0.2, 0.25) is 11.7 Å². The van der Waals surface area contributed by atoms with Gasteiger partial charge in [-0.2, -0.15) is 0 Å². The standard InChI is InChI=1S/C15H15NO6S/c1-21-15(18)13-8-7-12(22-13)9-23(19,20)10-14(17)16-11-5-3-2-4-6-11/h2-8H,9-10H2,1H3,(H,16,17). The van der Waals surface area contributed by atoms with Gasteiger partial charge in [0, 0.05) is 5.69 Å². The smallest absolute Gasteiger partial charge is 0.373 e. The van der Waals surface area contributed by atoms with Gasteiger partial charge >= 0.3 is 5.97 Å². The summed E-state index contributed by atoms with van der Waals surface area (Å²) in [6.45, 7) is 0. The lowest BCUT2D eigenvalue weighted by Gasteiger charge is -2.05. The van der Waals surface area contributed by atoms with Crippen molar-refractivity contribution in [1.29, 1.82) is 0 Å². The minimum atomic E-state index is -3.73. The zero-order valence-electron chi connectivity index (χ0n) is 12.3. The quantitative estimate of drug-likeness (QED) is 0.804. The normalized spacial score (nSPS) is 11.0. The first-order chi connectivity index (χ1) is 10.9. The van der Waals surface area contributed by atoms with Crippen LogP contribution in [0.15, 0.2) is 46.9 Å². The van der Waals surface area contributed by atoms with Crippen LogP contribution in [0.2, 0.25) is 0 Å². The number of carbonyl (C=O) groups is 2. The zero-order chi connectivity index (χ0) is 16.9. The van der Waals surface area contributed by atoms with Crippen LogP contribution in [0.4, 0.5) is 5.69 Å². The number of esters is 1. The van der Waals surface area contributed by atoms with Gasteiger partial charge in [-0.05, 0) is 24.3 Å². The Kier molecular flexibility index (Phi) is 5.17. The molecule has 1 N–H and O–H groups in total. The lowest BCUT2D eigenvalue weighted by Crippen LogP contribution is -2.23. The maximum atomic E-state index is 12.0. The van der Waals surface area contributed by atoms with Crippen molar-refractivity contribution >= 4 is 27.4 Å². The lowest BCUT2D eigenvalue weighted by atomic mass is 10.3. The van der Waals surface area contributed by atoms with Gasteiger partial charge in [-0.1, -0.05) is 18.2 Å². The Bertz CT molecular complexity index is 794. The number of furan rings is 1. The molecular formula is C15H15NO6S. The predicted octanol–water partition coefficient (Wildman–Crippen LogP) is 1.62. The summed E-state index contributed by atoms with van der Waals surface area (Å²) < 4.78 is 33.6. The summed E-state index contributed by atoms with van der Waals surface area (Å²) in [7, 11) is -2.54. The number of para-hydroxylation sites is 1. The Hall–Kier alpha value is -2.61. The highest BCUT2D eigenvalue weighted by Gasteiger charge is 2.21. The van der Waals surface area contributed by atoms with Crippen LogP contribution in [0.3, 0.4) is 0 Å². The number of ether oxygens (including phenoxy) is 1. The van der Waals surface area contributed by atoms with Crippen molar-refractivity contribution in [3.63, 3.8) is 0 Å². The molecule has 0 aliphatic carbocycles. The number of amides is 1. The molecule has 8 heteroatoms. The highest BCUT2D eigenvalue weighted by molar-refractivity contribution is 7.91. The number of nitrogens with one attached hydrogen (secondary N) is 1. The van der Waals surface area contributed by atoms with Crippen LogP contribution < -0.4 is 5.32 Å². The van der Waals surface area contributed by atoms with Gasteiger partial charge < -0.3 is 14.5 Å². The molecule has 0 bridgehead atoms. The second kappa shape index (κ2) is 7.10. The molecule has 23 heavy (non-hydrogen) atoms. The number of hydrogen-bond donors (Lipinski definition) is 1. The topological polar surface area (TPSA) is 103 Å². The lowest BCUT2D eigenvalue weighted by molar-refractivity contribution is -0.113. The Balaban J connectivity index is 1.97. The van der Waals surface area contributed by atoms with E-state index >= 15 is 0 Å². The van der Waals surface area contributed by atoms with Gasteiger partial charge in [0.25, 0.3) is 0 Å². The third-order valence-corrected chi connectivity index (χ3v) is 4.25. The molecule has 0 aliphatic heterocycles. The summed E-state index contributed by atoms with van der Waals surface area (Å²) in [5.41, 5.74) is 0.513. The molecular weight excluding hydrogens is 322 g/mol. The summed E-state index contributed by atoms with van der Waals surface area (Å²) in [6.07, 6.45) is 0. The third-order valence-electron chi connectivity index (χ3n) is 2.82. The molecule has 1 aromatic carbocycles. The van der Waals surface area contributed by atoms with E-state index in [1.54, 1.807) is 30.3 Å². The van der Waals surface area contributed by atoms with Gasteiger partial charge in [-0.15, -0.1) is 0 Å². The van der Waals surface area contributed by atoms with Crippen LogP contribution in [-0.2, 0) is 25.1 Å². The first-order valence-corrected chi connectivity index (χ1v) is 8.44. The molecule has 0 radical (unpaired) electrons. The maximum Gasteiger partial charge on any atom is 0.373 e. The van der Waals surface area contributed by atoms with E-state index in [2.05, 4.69) is 10.1 Å². The van der Waals surface area contributed by atoms with Gasteiger partial charge in [-0.3, -0.25) is 4.79 Å². The van der Waals surface area contributed by atoms with E-state index in [1.807, 2.05) is 0 Å². The van der Waals surface area contributed by atoms with E-state index < -0.39 is 33.2 Å². The Morgan fingerprint density at radius 2 is 1.83 bits per heavy atom. The van der Waals surface area contributed by atoms with Crippen LogP contribution in [0.25, 0.3) is 0 Å². The van der Waals surface area contributed by atoms with Crippen molar-refractivity contribution < 1.29 is 27.2 Å². The first-order valence-electron chi connectivity index (χ1n) is 6.62. The van der Waals surface area contributed by atoms with Crippen molar-refractivity contribution in [3.8, 4) is 0 Å². The molecule has 1 amide bonds. The number of methoxy groups -OCH3 is 1. The fraction of sp³-hybridized carbons (Fsp3) is 0.200. The van der Waals surface area contributed by atoms with Crippen LogP contribution in [0.5, 0.6) is 0 Å². The third kappa shape index (κ3) is 4.96. The highest BCUT2D eigenvalue weighted by Crippen LogP contribution is 2.13. The molecule has 2 aromatic rings. The molecule has 0 aliphatic rings. The molecule has 1 heterocycles. The number of carbonyl (C=O) groups excluding carboxylic acids is 2. The average molecular weight is 337 g/mol. The summed E-state index contributed by atoms with van der Waals surface area (Å²) >= 11 is 0. The molecule has 2 rings (SSSR count). The molecule has 0 fully saturated rings. The fourth-order valence-electron chi connectivity index (χ4n) is 1.85. The minimum Gasteiger partial charge on any atom is -0.463 e. The second-order valence-electron chi connectivity index (χ2n) is 4.70.